The highest BCUT2D eigenvalue weighted by atomic mass is 16.1. The number of nitrogens with zero attached hydrogens (tertiary/aromatic N) is 2. The Labute approximate surface area is 143 Å². The van der Waals surface area contributed by atoms with Crippen molar-refractivity contribution in [3.05, 3.63) is 54.6 Å². The first kappa shape index (κ1) is 17.7. The van der Waals surface area contributed by atoms with Crippen LogP contribution >= 0.6 is 0 Å². The minimum atomic E-state index is -0.0749. The first-order valence-electron chi connectivity index (χ1n) is 8.10. The Morgan fingerprint density at radius 2 is 1.88 bits per heavy atom. The van der Waals surface area contributed by atoms with Crippen molar-refractivity contribution in [2.45, 2.75) is 26.8 Å². The molecule has 2 rings (SSSR count). The van der Waals surface area contributed by atoms with E-state index in [0.717, 1.165) is 17.1 Å². The van der Waals surface area contributed by atoms with E-state index in [0.29, 0.717) is 0 Å². The van der Waals surface area contributed by atoms with Crippen LogP contribution in [0.15, 0.2) is 54.0 Å². The number of aliphatic imine (C=N–C) groups is 1. The molecule has 126 valence electrons. The second-order valence-corrected chi connectivity index (χ2v) is 6.15. The molecular weight excluding hydrogens is 298 g/mol. The molecule has 0 aromatic heterocycles. The lowest BCUT2D eigenvalue weighted by atomic mass is 10.1. The Morgan fingerprint density at radius 1 is 1.21 bits per heavy atom. The van der Waals surface area contributed by atoms with Crippen molar-refractivity contribution in [1.29, 1.82) is 0 Å². The van der Waals surface area contributed by atoms with Gasteiger partial charge in [0.1, 0.15) is 12.4 Å². The summed E-state index contributed by atoms with van der Waals surface area (Å²) in [5.41, 5.74) is 1.89. The van der Waals surface area contributed by atoms with Gasteiger partial charge in [0.2, 0.25) is 5.91 Å². The van der Waals surface area contributed by atoms with Gasteiger partial charge in [0.15, 0.2) is 0 Å². The highest BCUT2D eigenvalue weighted by Gasteiger charge is 2.09. The Bertz CT molecular complexity index is 777. The van der Waals surface area contributed by atoms with Gasteiger partial charge in [-0.3, -0.25) is 9.79 Å². The maximum absolute atomic E-state index is 11.7. The van der Waals surface area contributed by atoms with Crippen LogP contribution in [0.25, 0.3) is 16.5 Å². The van der Waals surface area contributed by atoms with Crippen molar-refractivity contribution in [1.82, 2.24) is 10.2 Å². The van der Waals surface area contributed by atoms with Gasteiger partial charge in [-0.05, 0) is 43.2 Å². The van der Waals surface area contributed by atoms with E-state index in [1.807, 2.05) is 44.9 Å². The fourth-order valence-corrected chi connectivity index (χ4v) is 2.42. The maximum atomic E-state index is 11.7. The summed E-state index contributed by atoms with van der Waals surface area (Å²) >= 11 is 0. The molecule has 2 aromatic carbocycles. The second kappa shape index (κ2) is 7.77. The molecule has 0 fully saturated rings. The van der Waals surface area contributed by atoms with Gasteiger partial charge in [0.05, 0.1) is 0 Å². The molecule has 0 saturated carbocycles. The number of benzene rings is 2. The summed E-state index contributed by atoms with van der Waals surface area (Å²) in [7, 11) is 1.91. The number of amidine groups is 1. The van der Waals surface area contributed by atoms with Gasteiger partial charge in [-0.2, -0.15) is 0 Å². The van der Waals surface area contributed by atoms with E-state index < -0.39 is 0 Å². The number of carbonyl (C=O) groups is 1. The average Bonchev–Trinajstić information content (AvgIpc) is 2.57. The molecule has 0 aliphatic heterocycles. The smallest absolute Gasteiger partial charge is 0.241 e. The summed E-state index contributed by atoms with van der Waals surface area (Å²) < 4.78 is 0. The lowest BCUT2D eigenvalue weighted by Crippen LogP contribution is -2.33. The summed E-state index contributed by atoms with van der Waals surface area (Å²) in [6.45, 7) is 10.0. The summed E-state index contributed by atoms with van der Waals surface area (Å²) in [6.07, 6.45) is 0. The van der Waals surface area contributed by atoms with Crippen LogP contribution in [0.4, 0.5) is 0 Å². The Morgan fingerprint density at radius 3 is 2.54 bits per heavy atom. The van der Waals surface area contributed by atoms with Crippen molar-refractivity contribution in [2.75, 3.05) is 13.6 Å². The van der Waals surface area contributed by atoms with Crippen molar-refractivity contribution >= 4 is 28.2 Å². The van der Waals surface area contributed by atoms with E-state index in [2.05, 4.69) is 47.2 Å². The molecule has 0 bridgehead atoms. The first-order valence-corrected chi connectivity index (χ1v) is 8.10. The van der Waals surface area contributed by atoms with Crippen molar-refractivity contribution in [3.63, 3.8) is 0 Å². The fourth-order valence-electron chi connectivity index (χ4n) is 2.42. The summed E-state index contributed by atoms with van der Waals surface area (Å²) in [5, 5.41) is 5.21. The van der Waals surface area contributed by atoms with Crippen molar-refractivity contribution < 1.29 is 4.79 Å². The van der Waals surface area contributed by atoms with Crippen LogP contribution < -0.4 is 5.32 Å². The zero-order valence-electron chi connectivity index (χ0n) is 14.8. The second-order valence-electron chi connectivity index (χ2n) is 6.15. The van der Waals surface area contributed by atoms with E-state index in [4.69, 9.17) is 0 Å². The predicted molar refractivity (Wildman–Crippen MR) is 102 cm³/mol. The molecule has 1 N–H and O–H groups in total. The Hall–Kier alpha value is -2.62. The third kappa shape index (κ3) is 4.44. The van der Waals surface area contributed by atoms with Crippen LogP contribution in [0, 0.1) is 0 Å². The molecule has 0 aliphatic carbocycles. The van der Waals surface area contributed by atoms with E-state index in [9.17, 15) is 4.79 Å². The highest BCUT2D eigenvalue weighted by molar-refractivity contribution is 5.92. The van der Waals surface area contributed by atoms with Crippen molar-refractivity contribution in [3.8, 4) is 0 Å². The predicted octanol–water partition coefficient (Wildman–Crippen LogP) is 3.69. The SMILES string of the molecule is C=C(c1ccc2ccccc2c1)N(C)C(C)=NCC(=O)NC(C)C. The number of hydrogen-bond donors (Lipinski definition) is 1. The van der Waals surface area contributed by atoms with Gasteiger partial charge in [-0.15, -0.1) is 0 Å². The molecule has 0 radical (unpaired) electrons. The minimum Gasteiger partial charge on any atom is -0.352 e. The first-order chi connectivity index (χ1) is 11.4. The molecule has 24 heavy (non-hydrogen) atoms. The van der Waals surface area contributed by atoms with Crippen LogP contribution in [-0.4, -0.2) is 36.3 Å². The number of rotatable bonds is 5. The molecule has 0 unspecified atom stereocenters. The third-order valence-electron chi connectivity index (χ3n) is 3.87. The quantitative estimate of drug-likeness (QED) is 0.674. The topological polar surface area (TPSA) is 44.7 Å². The van der Waals surface area contributed by atoms with Crippen LogP contribution in [0.2, 0.25) is 0 Å². The molecule has 0 spiro atoms. The molecule has 0 aliphatic rings. The summed E-state index contributed by atoms with van der Waals surface area (Å²) in [4.78, 5) is 18.0. The highest BCUT2D eigenvalue weighted by Crippen LogP contribution is 2.22. The maximum Gasteiger partial charge on any atom is 0.241 e. The van der Waals surface area contributed by atoms with Gasteiger partial charge >= 0.3 is 0 Å². The van der Waals surface area contributed by atoms with Crippen LogP contribution in [-0.2, 0) is 4.79 Å². The number of carbonyl (C=O) groups excluding carboxylic acids is 1. The average molecular weight is 323 g/mol. The molecule has 0 atom stereocenters. The molecule has 1 amide bonds. The molecule has 4 heteroatoms. The largest absolute Gasteiger partial charge is 0.352 e. The fraction of sp³-hybridized carbons (Fsp3) is 0.300. The van der Waals surface area contributed by atoms with Gasteiger partial charge in [0, 0.05) is 18.8 Å². The number of amides is 1. The van der Waals surface area contributed by atoms with Crippen molar-refractivity contribution in [2.24, 2.45) is 4.99 Å². The van der Waals surface area contributed by atoms with Gasteiger partial charge in [-0.25, -0.2) is 0 Å². The zero-order chi connectivity index (χ0) is 17.7. The Balaban J connectivity index is 2.10. The minimum absolute atomic E-state index is 0.0749. The summed E-state index contributed by atoms with van der Waals surface area (Å²) in [5.74, 6) is 0.682. The van der Waals surface area contributed by atoms with E-state index >= 15 is 0 Å². The van der Waals surface area contributed by atoms with Crippen LogP contribution in [0.5, 0.6) is 0 Å². The molecule has 2 aromatic rings. The monoisotopic (exact) mass is 323 g/mol. The number of nitrogens with one attached hydrogen (secondary N) is 1. The van der Waals surface area contributed by atoms with Crippen LogP contribution in [0.3, 0.4) is 0 Å². The zero-order valence-corrected chi connectivity index (χ0v) is 14.8. The van der Waals surface area contributed by atoms with Crippen LogP contribution in [0.1, 0.15) is 26.3 Å². The molecular formula is C20H25N3O. The van der Waals surface area contributed by atoms with E-state index in [1.54, 1.807) is 0 Å². The number of fused-ring (bicyclic) bond motifs is 1. The van der Waals surface area contributed by atoms with Gasteiger partial charge < -0.3 is 10.2 Å². The molecule has 0 saturated heterocycles. The molecule has 0 heterocycles. The summed E-state index contributed by atoms with van der Waals surface area (Å²) in [6, 6.07) is 14.6. The van der Waals surface area contributed by atoms with Gasteiger partial charge in [0.25, 0.3) is 0 Å². The van der Waals surface area contributed by atoms with Gasteiger partial charge in [-0.1, -0.05) is 43.0 Å². The lowest BCUT2D eigenvalue weighted by molar-refractivity contribution is -0.120. The third-order valence-corrected chi connectivity index (χ3v) is 3.87. The Kier molecular flexibility index (Phi) is 5.74. The normalized spacial score (nSPS) is 11.6. The van der Waals surface area contributed by atoms with E-state index in [1.165, 1.54) is 10.8 Å². The standard InChI is InChI=1S/C20H25N3O/c1-14(2)22-20(24)13-21-16(4)23(5)15(3)18-11-10-17-8-6-7-9-19(17)12-18/h6-12,14H,3,13H2,1-2,4-5H3,(H,22,24). The lowest BCUT2D eigenvalue weighted by Gasteiger charge is -2.22. The number of hydrogen-bond acceptors (Lipinski definition) is 2. The molecule has 4 nitrogen and oxygen atoms in total. The van der Waals surface area contributed by atoms with E-state index in [-0.39, 0.29) is 18.5 Å².